The van der Waals surface area contributed by atoms with Gasteiger partial charge in [-0.3, -0.25) is 9.69 Å². The Hall–Kier alpha value is -0.980. The molecule has 2 aliphatic heterocycles. The van der Waals surface area contributed by atoms with Gasteiger partial charge in [0.15, 0.2) is 0 Å². The molecule has 0 saturated carbocycles. The molecule has 1 aromatic rings. The molecule has 6 heteroatoms. The zero-order valence-electron chi connectivity index (χ0n) is 13.3. The molecule has 2 N–H and O–H groups in total. The Bertz CT molecular complexity index is 490. The highest BCUT2D eigenvalue weighted by molar-refractivity contribution is 7.09. The van der Waals surface area contributed by atoms with Crippen LogP contribution >= 0.6 is 11.3 Å². The number of carbonyl (C=O) groups excluding carboxylic acids is 1. The lowest BCUT2D eigenvalue weighted by Gasteiger charge is -2.31. The summed E-state index contributed by atoms with van der Waals surface area (Å²) in [7, 11) is 0. The van der Waals surface area contributed by atoms with Crippen molar-refractivity contribution in [2.75, 3.05) is 26.2 Å². The summed E-state index contributed by atoms with van der Waals surface area (Å²) in [5.74, 6) is 0.438. The summed E-state index contributed by atoms with van der Waals surface area (Å²) in [6, 6.07) is 0.483. The number of rotatable bonds is 5. The Balaban J connectivity index is 1.38. The van der Waals surface area contributed by atoms with Gasteiger partial charge in [-0.15, -0.1) is 11.3 Å². The molecule has 5 nitrogen and oxygen atoms in total. The van der Waals surface area contributed by atoms with E-state index in [1.165, 1.54) is 12.8 Å². The molecule has 0 bridgehead atoms. The molecule has 1 atom stereocenters. The largest absolute Gasteiger partial charge is 0.354 e. The lowest BCUT2D eigenvalue weighted by Crippen LogP contribution is -2.43. The van der Waals surface area contributed by atoms with Crippen LogP contribution in [0.1, 0.15) is 36.4 Å². The summed E-state index contributed by atoms with van der Waals surface area (Å²) >= 11 is 1.71. The highest BCUT2D eigenvalue weighted by Crippen LogP contribution is 2.20. The van der Waals surface area contributed by atoms with E-state index in [1.807, 2.05) is 6.92 Å². The van der Waals surface area contributed by atoms with Gasteiger partial charge in [0.05, 0.1) is 10.7 Å². The number of aryl methyl sites for hydroxylation is 1. The molecule has 3 rings (SSSR count). The molecular formula is C16H26N4OS. The number of amides is 1. The molecule has 0 aliphatic carbocycles. The first-order chi connectivity index (χ1) is 10.7. The van der Waals surface area contributed by atoms with Crippen molar-refractivity contribution < 1.29 is 4.79 Å². The molecule has 1 unspecified atom stereocenters. The van der Waals surface area contributed by atoms with E-state index in [9.17, 15) is 4.79 Å². The Kier molecular flexibility index (Phi) is 5.44. The number of hydrogen-bond acceptors (Lipinski definition) is 5. The van der Waals surface area contributed by atoms with E-state index in [1.54, 1.807) is 11.3 Å². The molecule has 2 fully saturated rings. The molecule has 2 aliphatic rings. The molecule has 0 aromatic carbocycles. The predicted molar refractivity (Wildman–Crippen MR) is 88.9 cm³/mol. The molecule has 122 valence electrons. The van der Waals surface area contributed by atoms with Gasteiger partial charge >= 0.3 is 0 Å². The summed E-state index contributed by atoms with van der Waals surface area (Å²) < 4.78 is 0. The molecule has 3 heterocycles. The molecule has 0 radical (unpaired) electrons. The molecule has 22 heavy (non-hydrogen) atoms. The number of thiazole rings is 1. The standard InChI is InChI=1S/C16H26N4OS/c1-12-19-15(11-22-12)10-20-7-4-13(5-8-20)16(21)18-9-14-3-2-6-17-14/h11,13-14,17H,2-10H2,1H3,(H,18,21). The fourth-order valence-electron chi connectivity index (χ4n) is 3.36. The van der Waals surface area contributed by atoms with Crippen LogP contribution in [0.25, 0.3) is 0 Å². The van der Waals surface area contributed by atoms with E-state index in [-0.39, 0.29) is 11.8 Å². The van der Waals surface area contributed by atoms with Gasteiger partial charge in [-0.2, -0.15) is 0 Å². The van der Waals surface area contributed by atoms with E-state index in [0.717, 1.165) is 56.3 Å². The van der Waals surface area contributed by atoms with Crippen LogP contribution in [0.2, 0.25) is 0 Å². The van der Waals surface area contributed by atoms with Gasteiger partial charge in [0.2, 0.25) is 5.91 Å². The fourth-order valence-corrected chi connectivity index (χ4v) is 3.97. The molecular weight excluding hydrogens is 296 g/mol. The maximum absolute atomic E-state index is 12.3. The van der Waals surface area contributed by atoms with Crippen LogP contribution < -0.4 is 10.6 Å². The molecule has 1 amide bonds. The van der Waals surface area contributed by atoms with Crippen LogP contribution in [0.4, 0.5) is 0 Å². The average Bonchev–Trinajstić information content (AvgIpc) is 3.17. The third-order valence-corrected chi connectivity index (χ3v) is 5.52. The van der Waals surface area contributed by atoms with Gasteiger partial charge < -0.3 is 10.6 Å². The fraction of sp³-hybridized carbons (Fsp3) is 0.750. The van der Waals surface area contributed by atoms with Crippen LogP contribution in [-0.4, -0.2) is 48.0 Å². The van der Waals surface area contributed by atoms with Crippen molar-refractivity contribution in [3.8, 4) is 0 Å². The second-order valence-corrected chi connectivity index (χ2v) is 7.51. The normalized spacial score (nSPS) is 23.8. The SMILES string of the molecule is Cc1nc(CN2CCC(C(=O)NCC3CCCN3)CC2)cs1. The Morgan fingerprint density at radius 1 is 1.45 bits per heavy atom. The van der Waals surface area contributed by atoms with Crippen LogP contribution in [-0.2, 0) is 11.3 Å². The monoisotopic (exact) mass is 322 g/mol. The number of hydrogen-bond donors (Lipinski definition) is 2. The van der Waals surface area contributed by atoms with Crippen molar-refractivity contribution in [2.24, 2.45) is 5.92 Å². The number of aromatic nitrogens is 1. The van der Waals surface area contributed by atoms with E-state index < -0.39 is 0 Å². The van der Waals surface area contributed by atoms with Crippen molar-refractivity contribution in [3.05, 3.63) is 16.1 Å². The van der Waals surface area contributed by atoms with Gasteiger partial charge in [0, 0.05) is 30.4 Å². The topological polar surface area (TPSA) is 57.3 Å². The summed E-state index contributed by atoms with van der Waals surface area (Å²) in [4.78, 5) is 19.2. The zero-order chi connectivity index (χ0) is 15.4. The zero-order valence-corrected chi connectivity index (χ0v) is 14.1. The minimum absolute atomic E-state index is 0.190. The van der Waals surface area contributed by atoms with Gasteiger partial charge in [0.1, 0.15) is 0 Å². The predicted octanol–water partition coefficient (Wildman–Crippen LogP) is 1.53. The number of nitrogens with zero attached hydrogens (tertiary/aromatic N) is 2. The summed E-state index contributed by atoms with van der Waals surface area (Å²) in [5, 5.41) is 9.82. The number of piperidine rings is 1. The highest BCUT2D eigenvalue weighted by atomic mass is 32.1. The van der Waals surface area contributed by atoms with E-state index >= 15 is 0 Å². The average molecular weight is 322 g/mol. The van der Waals surface area contributed by atoms with Crippen LogP contribution in [0.15, 0.2) is 5.38 Å². The van der Waals surface area contributed by atoms with Gasteiger partial charge in [-0.1, -0.05) is 0 Å². The third kappa shape index (κ3) is 4.27. The lowest BCUT2D eigenvalue weighted by atomic mass is 9.95. The minimum Gasteiger partial charge on any atom is -0.354 e. The summed E-state index contributed by atoms with van der Waals surface area (Å²) in [6.45, 7) is 6.84. The first kappa shape index (κ1) is 15.9. The van der Waals surface area contributed by atoms with E-state index in [0.29, 0.717) is 6.04 Å². The first-order valence-electron chi connectivity index (χ1n) is 8.35. The minimum atomic E-state index is 0.190. The number of nitrogens with one attached hydrogen (secondary N) is 2. The van der Waals surface area contributed by atoms with Crippen LogP contribution in [0.3, 0.4) is 0 Å². The highest BCUT2D eigenvalue weighted by Gasteiger charge is 2.26. The molecule has 1 aromatic heterocycles. The van der Waals surface area contributed by atoms with Crippen molar-refractivity contribution in [1.82, 2.24) is 20.5 Å². The molecule has 0 spiro atoms. The van der Waals surface area contributed by atoms with Crippen molar-refractivity contribution >= 4 is 17.2 Å². The summed E-state index contributed by atoms with van der Waals surface area (Å²) in [6.07, 6.45) is 4.35. The van der Waals surface area contributed by atoms with E-state index in [2.05, 4.69) is 25.9 Å². The lowest BCUT2D eigenvalue weighted by molar-refractivity contribution is -0.126. The molecule has 2 saturated heterocycles. The quantitative estimate of drug-likeness (QED) is 0.863. The van der Waals surface area contributed by atoms with Crippen molar-refractivity contribution in [3.63, 3.8) is 0 Å². The van der Waals surface area contributed by atoms with Gasteiger partial charge in [0.25, 0.3) is 0 Å². The summed E-state index contributed by atoms with van der Waals surface area (Å²) in [5.41, 5.74) is 1.16. The second kappa shape index (κ2) is 7.53. The second-order valence-electron chi connectivity index (χ2n) is 6.45. The van der Waals surface area contributed by atoms with Gasteiger partial charge in [-0.05, 0) is 52.2 Å². The maximum atomic E-state index is 12.3. The van der Waals surface area contributed by atoms with Gasteiger partial charge in [-0.25, -0.2) is 4.98 Å². The van der Waals surface area contributed by atoms with E-state index in [4.69, 9.17) is 0 Å². The number of likely N-dealkylation sites (tertiary alicyclic amines) is 1. The maximum Gasteiger partial charge on any atom is 0.223 e. The number of carbonyl (C=O) groups is 1. The third-order valence-electron chi connectivity index (χ3n) is 4.70. The van der Waals surface area contributed by atoms with Crippen LogP contribution in [0, 0.1) is 12.8 Å². The Morgan fingerprint density at radius 3 is 2.91 bits per heavy atom. The Morgan fingerprint density at radius 2 is 2.27 bits per heavy atom. The Labute approximate surface area is 136 Å². The van der Waals surface area contributed by atoms with Crippen molar-refractivity contribution in [2.45, 2.75) is 45.2 Å². The van der Waals surface area contributed by atoms with Crippen LogP contribution in [0.5, 0.6) is 0 Å². The van der Waals surface area contributed by atoms with Crippen molar-refractivity contribution in [1.29, 1.82) is 0 Å². The first-order valence-corrected chi connectivity index (χ1v) is 9.23. The smallest absolute Gasteiger partial charge is 0.223 e.